The van der Waals surface area contributed by atoms with E-state index in [0.29, 0.717) is 0 Å². The van der Waals surface area contributed by atoms with Gasteiger partial charge in [-0.2, -0.15) is 13.2 Å². The lowest BCUT2D eigenvalue weighted by Crippen LogP contribution is -2.36. The lowest BCUT2D eigenvalue weighted by Gasteiger charge is -2.15. The number of fused-ring (bicyclic) bond motifs is 3. The number of carbonyl (C=O) groups is 1. The Kier molecular flexibility index (Phi) is 6.67. The molecule has 162 valence electrons. The molecule has 0 saturated heterocycles. The summed E-state index contributed by atoms with van der Waals surface area (Å²) in [5, 5.41) is 4.03. The summed E-state index contributed by atoms with van der Waals surface area (Å²) >= 11 is 3.39. The van der Waals surface area contributed by atoms with Crippen LogP contribution >= 0.6 is 23.1 Å². The van der Waals surface area contributed by atoms with Gasteiger partial charge in [0.05, 0.1) is 5.92 Å². The number of carbonyl (C=O) groups excluding carboxylic acids is 1. The van der Waals surface area contributed by atoms with Gasteiger partial charge in [-0.25, -0.2) is 4.98 Å². The maximum Gasteiger partial charge on any atom is 0.405 e. The number of alkyl halides is 3. The Labute approximate surface area is 187 Å². The highest BCUT2D eigenvalue weighted by Gasteiger charge is 2.36. The SMILES string of the molecule is O=C(NCC(F)(F)F)C1c2ccccc2-c2c(CCCCSc3nccs3)cccc21. The highest BCUT2D eigenvalue weighted by atomic mass is 32.2. The standard InChI is InChI=1S/C23H21F3N2OS2/c24-23(25,26)14-28-21(29)20-17-9-2-1-8-16(17)19-15(7-5-10-18(19)20)6-3-4-12-30-22-27-11-13-31-22/h1-2,5,7-11,13,20H,3-4,6,12,14H2,(H,28,29). The summed E-state index contributed by atoms with van der Waals surface area (Å²) < 4.78 is 39.0. The molecule has 8 heteroatoms. The smallest absolute Gasteiger partial charge is 0.346 e. The Morgan fingerprint density at radius 2 is 1.90 bits per heavy atom. The van der Waals surface area contributed by atoms with Gasteiger partial charge in [0.1, 0.15) is 10.9 Å². The van der Waals surface area contributed by atoms with Crippen molar-refractivity contribution in [3.05, 3.63) is 70.7 Å². The van der Waals surface area contributed by atoms with E-state index >= 15 is 0 Å². The van der Waals surface area contributed by atoms with Crippen LogP contribution in [0.4, 0.5) is 13.2 Å². The summed E-state index contributed by atoms with van der Waals surface area (Å²) in [7, 11) is 0. The first kappa shape index (κ1) is 21.9. The van der Waals surface area contributed by atoms with Crippen LogP contribution in [0.15, 0.2) is 58.4 Å². The molecule has 1 atom stereocenters. The number of amides is 1. The van der Waals surface area contributed by atoms with Gasteiger partial charge in [0.15, 0.2) is 0 Å². The third-order valence-electron chi connectivity index (χ3n) is 5.24. The number of nitrogens with one attached hydrogen (secondary N) is 1. The quantitative estimate of drug-likeness (QED) is 0.327. The van der Waals surface area contributed by atoms with E-state index in [2.05, 4.69) is 16.4 Å². The minimum atomic E-state index is -4.44. The largest absolute Gasteiger partial charge is 0.405 e. The summed E-state index contributed by atoms with van der Waals surface area (Å²) in [4.78, 5) is 17.0. The average Bonchev–Trinajstić information content (AvgIpc) is 3.37. The number of aryl methyl sites for hydroxylation is 1. The molecular formula is C23H21F3N2OS2. The van der Waals surface area contributed by atoms with Crippen LogP contribution in [0.25, 0.3) is 11.1 Å². The van der Waals surface area contributed by atoms with E-state index in [-0.39, 0.29) is 0 Å². The fraction of sp³-hybridized carbons (Fsp3) is 0.304. The molecule has 3 aromatic rings. The van der Waals surface area contributed by atoms with Gasteiger partial charge in [-0.15, -0.1) is 11.3 Å². The van der Waals surface area contributed by atoms with Gasteiger partial charge < -0.3 is 5.32 Å². The molecule has 0 bridgehead atoms. The third-order valence-corrected chi connectivity index (χ3v) is 7.29. The summed E-state index contributed by atoms with van der Waals surface area (Å²) in [6, 6.07) is 13.3. The maximum absolute atomic E-state index is 12.7. The zero-order valence-electron chi connectivity index (χ0n) is 16.6. The zero-order valence-corrected chi connectivity index (χ0v) is 18.2. The lowest BCUT2D eigenvalue weighted by atomic mass is 9.93. The van der Waals surface area contributed by atoms with Gasteiger partial charge in [0.25, 0.3) is 0 Å². The lowest BCUT2D eigenvalue weighted by molar-refractivity contribution is -0.138. The van der Waals surface area contributed by atoms with Crippen LogP contribution < -0.4 is 5.32 Å². The summed E-state index contributed by atoms with van der Waals surface area (Å²) in [5.41, 5.74) is 4.63. The first-order valence-electron chi connectivity index (χ1n) is 10.0. The van der Waals surface area contributed by atoms with Gasteiger partial charge in [-0.3, -0.25) is 4.79 Å². The molecule has 1 unspecified atom stereocenters. The van der Waals surface area contributed by atoms with E-state index in [1.54, 1.807) is 29.3 Å². The summed E-state index contributed by atoms with van der Waals surface area (Å²) in [6.07, 6.45) is 0.244. The minimum absolute atomic E-state index is 0.611. The number of thioether (sulfide) groups is 1. The first-order chi connectivity index (χ1) is 14.9. The van der Waals surface area contributed by atoms with Gasteiger partial charge in [0, 0.05) is 17.3 Å². The van der Waals surface area contributed by atoms with Gasteiger partial charge in [-0.05, 0) is 47.1 Å². The third kappa shape index (κ3) is 5.13. The van der Waals surface area contributed by atoms with Crippen LogP contribution in [0.2, 0.25) is 0 Å². The Balaban J connectivity index is 1.50. The number of hydrogen-bond donors (Lipinski definition) is 1. The van der Waals surface area contributed by atoms with Crippen molar-refractivity contribution < 1.29 is 18.0 Å². The Hall–Kier alpha value is -2.32. The van der Waals surface area contributed by atoms with Crippen LogP contribution in [0.1, 0.15) is 35.4 Å². The number of unbranched alkanes of at least 4 members (excludes halogenated alkanes) is 1. The molecule has 3 nitrogen and oxygen atoms in total. The van der Waals surface area contributed by atoms with Crippen LogP contribution in [-0.2, 0) is 11.2 Å². The fourth-order valence-corrected chi connectivity index (χ4v) is 5.68. The van der Waals surface area contributed by atoms with E-state index in [9.17, 15) is 18.0 Å². The summed E-state index contributed by atoms with van der Waals surface area (Å²) in [5.74, 6) is -0.337. The molecule has 0 aliphatic heterocycles. The molecule has 1 aromatic heterocycles. The topological polar surface area (TPSA) is 42.0 Å². The average molecular weight is 463 g/mol. The monoisotopic (exact) mass is 462 g/mol. The summed E-state index contributed by atoms with van der Waals surface area (Å²) in [6.45, 7) is -1.32. The molecule has 31 heavy (non-hydrogen) atoms. The fourth-order valence-electron chi connectivity index (χ4n) is 3.97. The predicted octanol–water partition coefficient (Wildman–Crippen LogP) is 6.05. The number of rotatable bonds is 8. The number of nitrogens with zero attached hydrogens (tertiary/aromatic N) is 1. The second kappa shape index (κ2) is 9.44. The van der Waals surface area contributed by atoms with Crippen molar-refractivity contribution in [1.29, 1.82) is 0 Å². The number of thiazole rings is 1. The van der Waals surface area contributed by atoms with Crippen molar-refractivity contribution in [3.63, 3.8) is 0 Å². The molecule has 4 rings (SSSR count). The number of hydrogen-bond acceptors (Lipinski definition) is 4. The molecule has 2 aromatic carbocycles. The Bertz CT molecular complexity index is 1050. The Morgan fingerprint density at radius 3 is 2.68 bits per heavy atom. The number of benzene rings is 2. The molecule has 1 aliphatic carbocycles. The molecule has 0 spiro atoms. The second-order valence-corrected chi connectivity index (χ2v) is 9.57. The number of halogens is 3. The minimum Gasteiger partial charge on any atom is -0.346 e. The molecule has 1 aliphatic rings. The van der Waals surface area contributed by atoms with Crippen molar-refractivity contribution in [2.75, 3.05) is 12.3 Å². The molecular weight excluding hydrogens is 441 g/mol. The van der Waals surface area contributed by atoms with Crippen molar-refractivity contribution in [1.82, 2.24) is 10.3 Å². The normalized spacial score (nSPS) is 14.9. The van der Waals surface area contributed by atoms with Crippen LogP contribution in [-0.4, -0.2) is 29.4 Å². The number of aromatic nitrogens is 1. The van der Waals surface area contributed by atoms with Gasteiger partial charge >= 0.3 is 6.18 Å². The molecule has 0 fully saturated rings. The van der Waals surface area contributed by atoms with E-state index in [1.165, 1.54) is 0 Å². The van der Waals surface area contributed by atoms with E-state index in [0.717, 1.165) is 57.2 Å². The van der Waals surface area contributed by atoms with Gasteiger partial charge in [0.2, 0.25) is 5.91 Å². The van der Waals surface area contributed by atoms with Crippen LogP contribution in [0.5, 0.6) is 0 Å². The molecule has 1 N–H and O–H groups in total. The van der Waals surface area contributed by atoms with Crippen LogP contribution in [0.3, 0.4) is 0 Å². The molecule has 1 amide bonds. The first-order valence-corrected chi connectivity index (χ1v) is 11.9. The van der Waals surface area contributed by atoms with Crippen molar-refractivity contribution in [2.45, 2.75) is 35.7 Å². The predicted molar refractivity (Wildman–Crippen MR) is 119 cm³/mol. The highest BCUT2D eigenvalue weighted by molar-refractivity contribution is 8.00. The Morgan fingerprint density at radius 1 is 1.10 bits per heavy atom. The molecule has 0 saturated carbocycles. The van der Waals surface area contributed by atoms with E-state index in [1.807, 2.05) is 41.8 Å². The van der Waals surface area contributed by atoms with Crippen molar-refractivity contribution in [3.8, 4) is 11.1 Å². The highest BCUT2D eigenvalue weighted by Crippen LogP contribution is 2.46. The van der Waals surface area contributed by atoms with Crippen molar-refractivity contribution >= 4 is 29.0 Å². The second-order valence-electron chi connectivity index (χ2n) is 7.34. The van der Waals surface area contributed by atoms with Gasteiger partial charge in [-0.1, -0.05) is 54.2 Å². The maximum atomic E-state index is 12.7. The van der Waals surface area contributed by atoms with Crippen LogP contribution in [0, 0.1) is 0 Å². The zero-order chi connectivity index (χ0) is 21.8. The molecule has 0 radical (unpaired) electrons. The van der Waals surface area contributed by atoms with E-state index in [4.69, 9.17) is 0 Å². The van der Waals surface area contributed by atoms with E-state index < -0.39 is 24.5 Å². The van der Waals surface area contributed by atoms with Crippen molar-refractivity contribution in [2.24, 2.45) is 0 Å². The molecule has 1 heterocycles.